The van der Waals surface area contributed by atoms with E-state index in [1.807, 2.05) is 30.0 Å². The normalized spacial score (nSPS) is 20.1. The topological polar surface area (TPSA) is 54.9 Å². The van der Waals surface area contributed by atoms with E-state index in [9.17, 15) is 4.79 Å². The Kier molecular flexibility index (Phi) is 5.94. The van der Waals surface area contributed by atoms with Gasteiger partial charge in [-0.25, -0.2) is 4.98 Å². The molecule has 1 aromatic heterocycles. The molecule has 1 fully saturated rings. The Bertz CT molecular complexity index is 832. The molecule has 1 unspecified atom stereocenters. The Morgan fingerprint density at radius 2 is 2.07 bits per heavy atom. The van der Waals surface area contributed by atoms with Crippen LogP contribution >= 0.6 is 11.3 Å². The maximum atomic E-state index is 12.8. The smallest absolute Gasteiger partial charge is 0.267 e. The van der Waals surface area contributed by atoms with Crippen molar-refractivity contribution in [3.63, 3.8) is 0 Å². The molecule has 0 radical (unpaired) electrons. The van der Waals surface area contributed by atoms with Crippen molar-refractivity contribution >= 4 is 22.9 Å². The second-order valence-corrected chi connectivity index (χ2v) is 8.21. The number of ether oxygens (including phenoxy) is 2. The SMILES string of the molecule is CCCc1nc(-c2ccc3c(c2)N(CCN2CCOCC2)C(=O)C(C)O3)cs1. The number of rotatable bonds is 6. The Morgan fingerprint density at radius 3 is 2.86 bits per heavy atom. The number of hydrogen-bond acceptors (Lipinski definition) is 6. The van der Waals surface area contributed by atoms with Gasteiger partial charge in [-0.3, -0.25) is 9.69 Å². The molecule has 7 heteroatoms. The number of carbonyl (C=O) groups excluding carboxylic acids is 1. The third kappa shape index (κ3) is 4.06. The molecule has 3 heterocycles. The highest BCUT2D eigenvalue weighted by molar-refractivity contribution is 7.09. The van der Waals surface area contributed by atoms with Gasteiger partial charge in [0.05, 0.1) is 29.6 Å². The van der Waals surface area contributed by atoms with Crippen LogP contribution in [0.4, 0.5) is 5.69 Å². The van der Waals surface area contributed by atoms with Gasteiger partial charge in [-0.2, -0.15) is 0 Å². The van der Waals surface area contributed by atoms with Crippen LogP contribution in [0.25, 0.3) is 11.3 Å². The van der Waals surface area contributed by atoms with Crippen molar-refractivity contribution in [2.45, 2.75) is 32.8 Å². The van der Waals surface area contributed by atoms with Crippen LogP contribution in [0.1, 0.15) is 25.3 Å². The summed E-state index contributed by atoms with van der Waals surface area (Å²) in [4.78, 5) is 21.8. The van der Waals surface area contributed by atoms with Gasteiger partial charge in [-0.1, -0.05) is 6.92 Å². The van der Waals surface area contributed by atoms with Crippen LogP contribution < -0.4 is 9.64 Å². The molecule has 1 atom stereocenters. The lowest BCUT2D eigenvalue weighted by Gasteiger charge is -2.35. The molecule has 1 saturated heterocycles. The molecular weight excluding hydrogens is 374 g/mol. The number of aryl methyl sites for hydroxylation is 1. The van der Waals surface area contributed by atoms with Crippen molar-refractivity contribution in [2.24, 2.45) is 0 Å². The molecule has 4 rings (SSSR count). The fourth-order valence-electron chi connectivity index (χ4n) is 3.64. The van der Waals surface area contributed by atoms with E-state index in [1.54, 1.807) is 11.3 Å². The number of morpholine rings is 1. The molecule has 0 saturated carbocycles. The largest absolute Gasteiger partial charge is 0.479 e. The van der Waals surface area contributed by atoms with Crippen LogP contribution in [0.2, 0.25) is 0 Å². The standard InChI is InChI=1S/C21H27N3O3S/c1-3-4-20-22-17(14-28-20)16-5-6-19-18(13-16)24(21(25)15(2)27-19)8-7-23-9-11-26-12-10-23/h5-6,13-15H,3-4,7-12H2,1-2H3. The zero-order valence-corrected chi connectivity index (χ0v) is 17.3. The molecule has 2 aliphatic heterocycles. The molecule has 0 N–H and O–H groups in total. The third-order valence-corrected chi connectivity index (χ3v) is 6.13. The number of aromatic nitrogens is 1. The van der Waals surface area contributed by atoms with Crippen molar-refractivity contribution in [2.75, 3.05) is 44.3 Å². The molecule has 2 aromatic rings. The number of benzene rings is 1. The van der Waals surface area contributed by atoms with E-state index in [0.29, 0.717) is 6.54 Å². The lowest BCUT2D eigenvalue weighted by Crippen LogP contribution is -2.48. The Hall–Kier alpha value is -1.96. The number of amides is 1. The van der Waals surface area contributed by atoms with Crippen molar-refractivity contribution in [1.82, 2.24) is 9.88 Å². The van der Waals surface area contributed by atoms with Crippen molar-refractivity contribution in [3.8, 4) is 17.0 Å². The molecule has 0 spiro atoms. The maximum Gasteiger partial charge on any atom is 0.267 e. The van der Waals surface area contributed by atoms with Crippen molar-refractivity contribution in [3.05, 3.63) is 28.6 Å². The molecule has 2 aliphatic rings. The minimum atomic E-state index is -0.460. The zero-order chi connectivity index (χ0) is 19.5. The van der Waals surface area contributed by atoms with Gasteiger partial charge in [0.1, 0.15) is 5.75 Å². The molecule has 6 nitrogen and oxygen atoms in total. The molecular formula is C21H27N3O3S. The first-order valence-electron chi connectivity index (χ1n) is 10.0. The minimum Gasteiger partial charge on any atom is -0.479 e. The van der Waals surface area contributed by atoms with E-state index in [4.69, 9.17) is 14.5 Å². The first-order valence-corrected chi connectivity index (χ1v) is 10.9. The summed E-state index contributed by atoms with van der Waals surface area (Å²) >= 11 is 1.70. The second-order valence-electron chi connectivity index (χ2n) is 7.26. The van der Waals surface area contributed by atoms with Gasteiger partial charge in [-0.15, -0.1) is 11.3 Å². The minimum absolute atomic E-state index is 0.0165. The summed E-state index contributed by atoms with van der Waals surface area (Å²) in [6, 6.07) is 6.05. The van der Waals surface area contributed by atoms with Gasteiger partial charge in [-0.05, 0) is 38.0 Å². The number of carbonyl (C=O) groups is 1. The molecule has 1 amide bonds. The lowest BCUT2D eigenvalue weighted by atomic mass is 10.1. The summed E-state index contributed by atoms with van der Waals surface area (Å²) in [7, 11) is 0. The summed E-state index contributed by atoms with van der Waals surface area (Å²) in [6.45, 7) is 8.83. The van der Waals surface area contributed by atoms with E-state index >= 15 is 0 Å². The van der Waals surface area contributed by atoms with Crippen LogP contribution in [0.15, 0.2) is 23.6 Å². The monoisotopic (exact) mass is 401 g/mol. The van der Waals surface area contributed by atoms with Crippen LogP contribution in [0, 0.1) is 0 Å². The van der Waals surface area contributed by atoms with Crippen molar-refractivity contribution < 1.29 is 14.3 Å². The fraction of sp³-hybridized carbons (Fsp3) is 0.524. The summed E-state index contributed by atoms with van der Waals surface area (Å²) in [5.74, 6) is 0.782. The molecule has 0 aliphatic carbocycles. The second kappa shape index (κ2) is 8.59. The lowest BCUT2D eigenvalue weighted by molar-refractivity contribution is -0.125. The number of thiazole rings is 1. The number of anilines is 1. The van der Waals surface area contributed by atoms with Crippen LogP contribution in [0.3, 0.4) is 0 Å². The summed E-state index contributed by atoms with van der Waals surface area (Å²) in [5, 5.41) is 3.25. The van der Waals surface area contributed by atoms with Crippen LogP contribution in [-0.4, -0.2) is 61.3 Å². The van der Waals surface area contributed by atoms with Gasteiger partial charge >= 0.3 is 0 Å². The predicted octanol–water partition coefficient (Wildman–Crippen LogP) is 3.21. The van der Waals surface area contributed by atoms with Crippen LogP contribution in [0.5, 0.6) is 5.75 Å². The maximum absolute atomic E-state index is 12.8. The number of nitrogens with zero attached hydrogens (tertiary/aromatic N) is 3. The quantitative estimate of drug-likeness (QED) is 0.744. The van der Waals surface area contributed by atoms with Gasteiger partial charge in [0.25, 0.3) is 5.91 Å². The van der Waals surface area contributed by atoms with Gasteiger partial charge in [0.15, 0.2) is 6.10 Å². The Morgan fingerprint density at radius 1 is 1.25 bits per heavy atom. The van der Waals surface area contributed by atoms with E-state index < -0.39 is 6.10 Å². The highest BCUT2D eigenvalue weighted by Gasteiger charge is 2.32. The molecule has 0 bridgehead atoms. The zero-order valence-electron chi connectivity index (χ0n) is 16.5. The van der Waals surface area contributed by atoms with Crippen molar-refractivity contribution in [1.29, 1.82) is 0 Å². The summed E-state index contributed by atoms with van der Waals surface area (Å²) in [5.41, 5.74) is 2.84. The van der Waals surface area contributed by atoms with E-state index in [2.05, 4.69) is 17.2 Å². The highest BCUT2D eigenvalue weighted by Crippen LogP contribution is 2.37. The summed E-state index contributed by atoms with van der Waals surface area (Å²) < 4.78 is 11.3. The average Bonchev–Trinajstić information content (AvgIpc) is 3.18. The molecule has 150 valence electrons. The highest BCUT2D eigenvalue weighted by atomic mass is 32.1. The molecule has 28 heavy (non-hydrogen) atoms. The summed E-state index contributed by atoms with van der Waals surface area (Å²) in [6.07, 6.45) is 1.63. The van der Waals surface area contributed by atoms with E-state index in [1.165, 1.54) is 0 Å². The van der Waals surface area contributed by atoms with Gasteiger partial charge in [0.2, 0.25) is 0 Å². The number of hydrogen-bond donors (Lipinski definition) is 0. The Balaban J connectivity index is 1.58. The first kappa shape index (κ1) is 19.4. The fourth-order valence-corrected chi connectivity index (χ4v) is 4.54. The van der Waals surface area contributed by atoms with Crippen LogP contribution in [-0.2, 0) is 16.0 Å². The Labute approximate surface area is 170 Å². The van der Waals surface area contributed by atoms with E-state index in [0.717, 1.165) is 73.4 Å². The van der Waals surface area contributed by atoms with E-state index in [-0.39, 0.29) is 5.91 Å². The first-order chi connectivity index (χ1) is 13.7. The van der Waals surface area contributed by atoms with Gasteiger partial charge in [0, 0.05) is 37.1 Å². The molecule has 1 aromatic carbocycles. The predicted molar refractivity (Wildman–Crippen MR) is 111 cm³/mol. The average molecular weight is 402 g/mol. The number of fused-ring (bicyclic) bond motifs is 1. The van der Waals surface area contributed by atoms with Gasteiger partial charge < -0.3 is 14.4 Å². The third-order valence-electron chi connectivity index (χ3n) is 5.22.